The van der Waals surface area contributed by atoms with Gasteiger partial charge in [0, 0.05) is 19.7 Å². The number of nitrogens with one attached hydrogen (secondary N) is 2. The van der Waals surface area contributed by atoms with E-state index in [2.05, 4.69) is 33.4 Å². The van der Waals surface area contributed by atoms with Gasteiger partial charge in [0.05, 0.1) is 0 Å². The van der Waals surface area contributed by atoms with Crippen molar-refractivity contribution in [3.8, 4) is 0 Å². The van der Waals surface area contributed by atoms with Gasteiger partial charge in [-0.25, -0.2) is 0 Å². The van der Waals surface area contributed by atoms with E-state index in [0.29, 0.717) is 16.1 Å². The smallest absolute Gasteiger partial charge is 0.267 e. The first kappa shape index (κ1) is 14.8. The molecule has 20 heavy (non-hydrogen) atoms. The molecule has 0 aromatic heterocycles. The average molecular weight is 401 g/mol. The zero-order valence-electron chi connectivity index (χ0n) is 10.2. The lowest BCUT2D eigenvalue weighted by Crippen LogP contribution is -2.41. The second-order valence-electron chi connectivity index (χ2n) is 3.93. The number of carbonyl (C=O) groups excluding carboxylic acids is 2. The molecule has 0 aliphatic carbocycles. The maximum Gasteiger partial charge on any atom is 0.269 e. The molecule has 0 unspecified atom stereocenters. The van der Waals surface area contributed by atoms with Crippen LogP contribution in [0, 0.1) is 3.57 Å². The van der Waals surface area contributed by atoms with Gasteiger partial charge in [-0.2, -0.15) is 0 Å². The van der Waals surface area contributed by atoms with Gasteiger partial charge >= 0.3 is 0 Å². The molecule has 102 valence electrons. The SMILES string of the molecule is O=C(NNC(=O)c1cccc(I)c1)c1ccc(Cl)cc1. The van der Waals surface area contributed by atoms with E-state index in [-0.39, 0.29) is 5.91 Å². The number of benzene rings is 2. The summed E-state index contributed by atoms with van der Waals surface area (Å²) in [5.41, 5.74) is 5.61. The maximum absolute atomic E-state index is 11.8. The number of amides is 2. The van der Waals surface area contributed by atoms with E-state index in [0.717, 1.165) is 3.57 Å². The second kappa shape index (κ2) is 6.71. The Morgan fingerprint density at radius 2 is 1.50 bits per heavy atom. The fourth-order valence-electron chi connectivity index (χ4n) is 1.49. The summed E-state index contributed by atoms with van der Waals surface area (Å²) in [5, 5.41) is 0.546. The van der Waals surface area contributed by atoms with Crippen molar-refractivity contribution in [1.82, 2.24) is 10.9 Å². The highest BCUT2D eigenvalue weighted by Crippen LogP contribution is 2.09. The Morgan fingerprint density at radius 1 is 0.900 bits per heavy atom. The Hall–Kier alpha value is -1.60. The molecule has 0 aliphatic heterocycles. The third kappa shape index (κ3) is 3.94. The molecule has 0 saturated heterocycles. The first-order valence-electron chi connectivity index (χ1n) is 5.68. The van der Waals surface area contributed by atoms with Gasteiger partial charge in [-0.1, -0.05) is 17.7 Å². The molecule has 2 aromatic carbocycles. The van der Waals surface area contributed by atoms with E-state index in [1.807, 2.05) is 6.07 Å². The van der Waals surface area contributed by atoms with Crippen molar-refractivity contribution in [2.45, 2.75) is 0 Å². The minimum Gasteiger partial charge on any atom is -0.267 e. The zero-order chi connectivity index (χ0) is 14.5. The molecule has 4 nitrogen and oxygen atoms in total. The summed E-state index contributed by atoms with van der Waals surface area (Å²) >= 11 is 7.85. The molecule has 0 atom stereocenters. The topological polar surface area (TPSA) is 58.2 Å². The average Bonchev–Trinajstić information content (AvgIpc) is 2.45. The predicted molar refractivity (Wildman–Crippen MR) is 85.5 cm³/mol. The lowest BCUT2D eigenvalue weighted by atomic mass is 10.2. The molecule has 0 fully saturated rings. The summed E-state index contributed by atoms with van der Waals surface area (Å²) in [6.07, 6.45) is 0. The van der Waals surface area contributed by atoms with E-state index < -0.39 is 5.91 Å². The minimum absolute atomic E-state index is 0.370. The predicted octanol–water partition coefficient (Wildman–Crippen LogP) is 3.02. The van der Waals surface area contributed by atoms with E-state index >= 15 is 0 Å². The van der Waals surface area contributed by atoms with Crippen molar-refractivity contribution in [3.63, 3.8) is 0 Å². The van der Waals surface area contributed by atoms with Crippen LogP contribution in [0.2, 0.25) is 5.02 Å². The Balaban J connectivity index is 1.96. The van der Waals surface area contributed by atoms with Crippen LogP contribution in [-0.2, 0) is 0 Å². The summed E-state index contributed by atoms with van der Waals surface area (Å²) in [6.45, 7) is 0. The highest BCUT2D eigenvalue weighted by molar-refractivity contribution is 14.1. The number of rotatable bonds is 2. The number of carbonyl (C=O) groups is 2. The van der Waals surface area contributed by atoms with Gasteiger partial charge < -0.3 is 0 Å². The number of halogens is 2. The molecule has 0 spiro atoms. The van der Waals surface area contributed by atoms with Gasteiger partial charge in [0.15, 0.2) is 0 Å². The van der Waals surface area contributed by atoms with Crippen molar-refractivity contribution in [2.75, 3.05) is 0 Å². The highest BCUT2D eigenvalue weighted by atomic mass is 127. The lowest BCUT2D eigenvalue weighted by Gasteiger charge is -2.07. The quantitative estimate of drug-likeness (QED) is 0.601. The number of hydrogen-bond donors (Lipinski definition) is 2. The molecular weight excluding hydrogens is 391 g/mol. The van der Waals surface area contributed by atoms with Gasteiger partial charge in [0.2, 0.25) is 0 Å². The Bertz CT molecular complexity index is 644. The monoisotopic (exact) mass is 400 g/mol. The lowest BCUT2D eigenvalue weighted by molar-refractivity contribution is 0.0846. The third-order valence-corrected chi connectivity index (χ3v) is 3.41. The van der Waals surface area contributed by atoms with Crippen molar-refractivity contribution >= 4 is 46.0 Å². The molecule has 0 saturated carbocycles. The molecule has 2 N–H and O–H groups in total. The molecule has 6 heteroatoms. The molecule has 2 aromatic rings. The Labute approximate surface area is 134 Å². The van der Waals surface area contributed by atoms with Crippen molar-refractivity contribution in [3.05, 3.63) is 68.3 Å². The van der Waals surface area contributed by atoms with Gasteiger partial charge in [-0.15, -0.1) is 0 Å². The summed E-state index contributed by atoms with van der Waals surface area (Å²) in [5.74, 6) is -0.772. The largest absolute Gasteiger partial charge is 0.269 e. The van der Waals surface area contributed by atoms with E-state index in [9.17, 15) is 9.59 Å². The van der Waals surface area contributed by atoms with Crippen LogP contribution in [0.5, 0.6) is 0 Å². The highest BCUT2D eigenvalue weighted by Gasteiger charge is 2.09. The summed E-state index contributed by atoms with van der Waals surface area (Å²) in [7, 11) is 0. The summed E-state index contributed by atoms with van der Waals surface area (Å²) in [4.78, 5) is 23.6. The maximum atomic E-state index is 11.8. The first-order chi connectivity index (χ1) is 9.56. The van der Waals surface area contributed by atoms with Gasteiger partial charge in [0.25, 0.3) is 11.8 Å². The first-order valence-corrected chi connectivity index (χ1v) is 7.14. The van der Waals surface area contributed by atoms with Gasteiger partial charge in [0.1, 0.15) is 0 Å². The van der Waals surface area contributed by atoms with Crippen LogP contribution >= 0.6 is 34.2 Å². The second-order valence-corrected chi connectivity index (χ2v) is 5.61. The van der Waals surface area contributed by atoms with E-state index in [1.54, 1.807) is 42.5 Å². The third-order valence-electron chi connectivity index (χ3n) is 2.48. The van der Waals surface area contributed by atoms with Crippen LogP contribution in [0.1, 0.15) is 20.7 Å². The van der Waals surface area contributed by atoms with Crippen molar-refractivity contribution in [2.24, 2.45) is 0 Å². The number of hydrazine groups is 1. The van der Waals surface area contributed by atoms with Crippen LogP contribution in [0.15, 0.2) is 48.5 Å². The van der Waals surface area contributed by atoms with Gasteiger partial charge in [-0.05, 0) is 65.1 Å². The van der Waals surface area contributed by atoms with Crippen LogP contribution in [0.3, 0.4) is 0 Å². The fraction of sp³-hybridized carbons (Fsp3) is 0. The van der Waals surface area contributed by atoms with Crippen molar-refractivity contribution < 1.29 is 9.59 Å². The standard InChI is InChI=1S/C14H10ClIN2O2/c15-11-6-4-9(5-7-11)13(19)17-18-14(20)10-2-1-3-12(16)8-10/h1-8H,(H,17,19)(H,18,20). The number of hydrogen-bond acceptors (Lipinski definition) is 2. The van der Waals surface area contributed by atoms with Crippen LogP contribution in [-0.4, -0.2) is 11.8 Å². The molecule has 0 radical (unpaired) electrons. The minimum atomic E-state index is -0.402. The Kier molecular flexibility index (Phi) is 4.97. The molecule has 0 aliphatic rings. The molecule has 0 heterocycles. The molecular formula is C14H10ClIN2O2. The summed E-state index contributed by atoms with van der Waals surface area (Å²) in [6, 6.07) is 13.4. The summed E-state index contributed by atoms with van der Waals surface area (Å²) < 4.78 is 0.944. The normalized spacial score (nSPS) is 9.90. The van der Waals surface area contributed by atoms with Crippen LogP contribution in [0.4, 0.5) is 0 Å². The van der Waals surface area contributed by atoms with Crippen LogP contribution < -0.4 is 10.9 Å². The molecule has 2 amide bonds. The van der Waals surface area contributed by atoms with Crippen molar-refractivity contribution in [1.29, 1.82) is 0 Å². The van der Waals surface area contributed by atoms with E-state index in [1.165, 1.54) is 0 Å². The van der Waals surface area contributed by atoms with E-state index in [4.69, 9.17) is 11.6 Å². The van der Waals surface area contributed by atoms with Gasteiger partial charge in [-0.3, -0.25) is 20.4 Å². The fourth-order valence-corrected chi connectivity index (χ4v) is 2.16. The Morgan fingerprint density at radius 3 is 2.10 bits per heavy atom. The molecule has 0 bridgehead atoms. The molecule has 2 rings (SSSR count). The van der Waals surface area contributed by atoms with Crippen LogP contribution in [0.25, 0.3) is 0 Å². The zero-order valence-corrected chi connectivity index (χ0v) is 13.1.